The maximum atomic E-state index is 14.5. The van der Waals surface area contributed by atoms with E-state index < -0.39 is 69.9 Å². The van der Waals surface area contributed by atoms with Crippen molar-refractivity contribution in [3.05, 3.63) is 30.3 Å². The standard InChI is InChI=1S/C29H44N4O10S.H2O/c1-7-30(8-2)21(5)18-32-27(37)33(19-22(6)31(9-3)10-4)43-25(35)17-28(38)16-24(34)41-29(32,42-26(28)36)20-44(39,40)23-14-12-11-13-15-23;/h11-15,21-22,38H,7-10,16-20H2,1-6H3;1H2. The molecule has 1 aromatic carbocycles. The summed E-state index contributed by atoms with van der Waals surface area (Å²) in [6.45, 7) is 13.1. The fourth-order valence-corrected chi connectivity index (χ4v) is 7.09. The number of sulfone groups is 1. The van der Waals surface area contributed by atoms with Gasteiger partial charge in [0.25, 0.3) is 0 Å². The fraction of sp³-hybridized carbons (Fsp3) is 0.655. The van der Waals surface area contributed by atoms with E-state index in [4.69, 9.17) is 14.3 Å². The quantitative estimate of drug-likeness (QED) is 0.290. The van der Waals surface area contributed by atoms with Crippen LogP contribution in [0, 0.1) is 0 Å². The number of nitrogens with zero attached hydrogens (tertiary/aromatic N) is 4. The molecule has 15 nitrogen and oxygen atoms in total. The summed E-state index contributed by atoms with van der Waals surface area (Å²) in [5.41, 5.74) is -2.74. The molecule has 16 heteroatoms. The molecular weight excluding hydrogens is 612 g/mol. The van der Waals surface area contributed by atoms with E-state index in [2.05, 4.69) is 0 Å². The van der Waals surface area contributed by atoms with Crippen LogP contribution in [0.1, 0.15) is 54.4 Å². The number of hydrogen-bond acceptors (Lipinski definition) is 12. The van der Waals surface area contributed by atoms with Crippen LogP contribution in [0.25, 0.3) is 0 Å². The molecule has 3 N–H and O–H groups in total. The van der Waals surface area contributed by atoms with Crippen molar-refractivity contribution in [2.75, 3.05) is 45.0 Å². The lowest BCUT2D eigenvalue weighted by molar-refractivity contribution is -0.272. The summed E-state index contributed by atoms with van der Waals surface area (Å²) in [4.78, 5) is 64.3. The number of ether oxygens (including phenoxy) is 2. The second-order valence-corrected chi connectivity index (χ2v) is 13.1. The monoisotopic (exact) mass is 658 g/mol. The lowest BCUT2D eigenvalue weighted by atomic mass is 9.96. The molecule has 0 spiro atoms. The Labute approximate surface area is 264 Å². The van der Waals surface area contributed by atoms with Crippen LogP contribution in [0.4, 0.5) is 4.79 Å². The molecule has 3 rings (SSSR count). The average molecular weight is 659 g/mol. The molecule has 2 saturated heterocycles. The molecular formula is C29H46N4O11S. The molecule has 2 aliphatic heterocycles. The Bertz CT molecular complexity index is 1310. The summed E-state index contributed by atoms with van der Waals surface area (Å²) >= 11 is 0. The lowest BCUT2D eigenvalue weighted by Crippen LogP contribution is -2.66. The van der Waals surface area contributed by atoms with Crippen LogP contribution in [0.2, 0.25) is 0 Å². The Morgan fingerprint density at radius 2 is 1.36 bits per heavy atom. The number of carbonyl (C=O) groups excluding carboxylic acids is 4. The predicted molar refractivity (Wildman–Crippen MR) is 161 cm³/mol. The zero-order valence-corrected chi connectivity index (χ0v) is 27.5. The second kappa shape index (κ2) is 15.3. The minimum Gasteiger partial charge on any atom is -0.412 e. The Hall–Kier alpha value is -3.31. The number of likely N-dealkylation sites (N-methyl/N-ethyl adjacent to an activating group) is 2. The van der Waals surface area contributed by atoms with Crippen molar-refractivity contribution in [3.63, 3.8) is 0 Å². The first-order valence-electron chi connectivity index (χ1n) is 14.9. The van der Waals surface area contributed by atoms with Gasteiger partial charge in [-0.05, 0) is 52.2 Å². The Kier molecular flexibility index (Phi) is 12.9. The van der Waals surface area contributed by atoms with Gasteiger partial charge in [0.05, 0.1) is 24.3 Å². The number of amides is 2. The van der Waals surface area contributed by atoms with E-state index in [9.17, 15) is 32.7 Å². The molecule has 2 amide bonds. The van der Waals surface area contributed by atoms with Gasteiger partial charge < -0.3 is 24.9 Å². The van der Waals surface area contributed by atoms with Crippen molar-refractivity contribution in [1.82, 2.24) is 19.8 Å². The molecule has 1 aromatic rings. The Morgan fingerprint density at radius 3 is 1.89 bits per heavy atom. The number of rotatable bonds is 13. The summed E-state index contributed by atoms with van der Waals surface area (Å²) in [7, 11) is -4.41. The van der Waals surface area contributed by atoms with E-state index in [1.807, 2.05) is 44.4 Å². The first-order valence-corrected chi connectivity index (χ1v) is 16.5. The van der Waals surface area contributed by atoms with Crippen LogP contribution in [-0.2, 0) is 38.5 Å². The topological polar surface area (TPSA) is 195 Å². The normalized spacial score (nSPS) is 24.0. The summed E-state index contributed by atoms with van der Waals surface area (Å²) in [6, 6.07) is 5.32. The number of carbonyl (C=O) groups is 4. The molecule has 2 aliphatic rings. The van der Waals surface area contributed by atoms with Crippen molar-refractivity contribution in [2.45, 2.75) is 82.9 Å². The van der Waals surface area contributed by atoms with Gasteiger partial charge in [-0.25, -0.2) is 27.7 Å². The highest BCUT2D eigenvalue weighted by Gasteiger charge is 2.60. The molecule has 0 aliphatic carbocycles. The van der Waals surface area contributed by atoms with Crippen molar-refractivity contribution >= 4 is 33.8 Å². The number of hydroxylamine groups is 2. The summed E-state index contributed by atoms with van der Waals surface area (Å²) in [5, 5.41) is 12.0. The Morgan fingerprint density at radius 1 is 0.844 bits per heavy atom. The maximum Gasteiger partial charge on any atom is 0.361 e. The van der Waals surface area contributed by atoms with Crippen molar-refractivity contribution in [2.24, 2.45) is 0 Å². The van der Waals surface area contributed by atoms with Crippen LogP contribution in [0.3, 0.4) is 0 Å². The molecule has 0 radical (unpaired) electrons. The largest absolute Gasteiger partial charge is 0.412 e. The van der Waals surface area contributed by atoms with Gasteiger partial charge in [0.2, 0.25) is 0 Å². The number of aliphatic hydroxyl groups is 1. The van der Waals surface area contributed by atoms with E-state index >= 15 is 0 Å². The zero-order valence-electron chi connectivity index (χ0n) is 26.7. The maximum absolute atomic E-state index is 14.5. The molecule has 45 heavy (non-hydrogen) atoms. The van der Waals surface area contributed by atoms with Gasteiger partial charge in [0.1, 0.15) is 0 Å². The van der Waals surface area contributed by atoms with Gasteiger partial charge in [-0.1, -0.05) is 45.9 Å². The molecule has 2 fully saturated rings. The fourth-order valence-electron chi connectivity index (χ4n) is 5.59. The van der Waals surface area contributed by atoms with E-state index in [0.29, 0.717) is 26.2 Å². The number of benzene rings is 1. The number of esters is 2. The zero-order chi connectivity index (χ0) is 32.9. The average Bonchev–Trinajstić information content (AvgIpc) is 3.04. The van der Waals surface area contributed by atoms with Crippen molar-refractivity contribution in [3.8, 4) is 0 Å². The van der Waals surface area contributed by atoms with Crippen LogP contribution in [0.5, 0.6) is 0 Å². The third-order valence-electron chi connectivity index (χ3n) is 8.07. The van der Waals surface area contributed by atoms with Gasteiger partial charge in [-0.15, -0.1) is 0 Å². The van der Waals surface area contributed by atoms with E-state index in [1.165, 1.54) is 24.3 Å². The molecule has 2 heterocycles. The third kappa shape index (κ3) is 8.49. The number of hydrogen-bond donors (Lipinski definition) is 1. The predicted octanol–water partition coefficient (Wildman–Crippen LogP) is 0.557. The highest BCUT2D eigenvalue weighted by molar-refractivity contribution is 7.91. The van der Waals surface area contributed by atoms with Gasteiger partial charge in [0, 0.05) is 18.6 Å². The molecule has 0 saturated carbocycles. The van der Waals surface area contributed by atoms with E-state index in [1.54, 1.807) is 13.0 Å². The summed E-state index contributed by atoms with van der Waals surface area (Å²) in [6.07, 6.45) is -2.07. The van der Waals surface area contributed by atoms with Crippen molar-refractivity contribution < 1.29 is 52.5 Å². The first-order chi connectivity index (χ1) is 20.6. The second-order valence-electron chi connectivity index (χ2n) is 11.1. The molecule has 4 unspecified atom stereocenters. The van der Waals surface area contributed by atoms with Gasteiger partial charge in [-0.3, -0.25) is 14.6 Å². The smallest absolute Gasteiger partial charge is 0.361 e. The summed E-state index contributed by atoms with van der Waals surface area (Å²) in [5.74, 6) is -7.94. The summed E-state index contributed by atoms with van der Waals surface area (Å²) < 4.78 is 38.9. The Balaban J connectivity index is 0.00000705. The van der Waals surface area contributed by atoms with E-state index in [-0.39, 0.29) is 29.5 Å². The molecule has 0 aromatic heterocycles. The highest BCUT2D eigenvalue weighted by Crippen LogP contribution is 2.36. The minimum absolute atomic E-state index is 0. The highest BCUT2D eigenvalue weighted by atomic mass is 32.2. The van der Waals surface area contributed by atoms with Crippen molar-refractivity contribution in [1.29, 1.82) is 0 Å². The lowest BCUT2D eigenvalue weighted by Gasteiger charge is -2.44. The van der Waals surface area contributed by atoms with Gasteiger partial charge >= 0.3 is 29.9 Å². The SMILES string of the molecule is CCN(CC)C(C)CN1OC(=O)CC2(O)CC(=O)OC(CS(=O)(=O)c3ccccc3)(OC2=O)N(CC(C)N(CC)CC)C1=O.O. The van der Waals surface area contributed by atoms with E-state index in [0.717, 1.165) is 9.96 Å². The number of urea groups is 1. The van der Waals surface area contributed by atoms with Gasteiger partial charge in [0.15, 0.2) is 21.2 Å². The van der Waals surface area contributed by atoms with Crippen LogP contribution in [0.15, 0.2) is 35.2 Å². The van der Waals surface area contributed by atoms with Gasteiger partial charge in [-0.2, -0.15) is 5.06 Å². The molecule has 254 valence electrons. The van der Waals surface area contributed by atoms with Crippen LogP contribution < -0.4 is 0 Å². The molecule has 4 atom stereocenters. The van der Waals surface area contributed by atoms with Crippen LogP contribution in [-0.4, -0.2) is 131 Å². The minimum atomic E-state index is -4.41. The van der Waals surface area contributed by atoms with Crippen LogP contribution >= 0.6 is 0 Å². The number of fused-ring (bicyclic) bond motifs is 3. The molecule has 2 bridgehead atoms. The first kappa shape index (κ1) is 37.9. The third-order valence-corrected chi connectivity index (χ3v) is 9.80.